The van der Waals surface area contributed by atoms with Crippen LogP contribution >= 0.6 is 11.9 Å². The first kappa shape index (κ1) is 20.7. The van der Waals surface area contributed by atoms with Gasteiger partial charge in [-0.05, 0) is 79.1 Å². The van der Waals surface area contributed by atoms with Crippen molar-refractivity contribution in [3.63, 3.8) is 0 Å². The van der Waals surface area contributed by atoms with E-state index in [0.717, 1.165) is 43.4 Å². The summed E-state index contributed by atoms with van der Waals surface area (Å²) >= 11 is 1.68. The lowest BCUT2D eigenvalue weighted by molar-refractivity contribution is 0.585. The van der Waals surface area contributed by atoms with Gasteiger partial charge in [-0.25, -0.2) is 4.98 Å². The van der Waals surface area contributed by atoms with Gasteiger partial charge in [-0.15, -0.1) is 0 Å². The van der Waals surface area contributed by atoms with Gasteiger partial charge in [0.1, 0.15) is 5.82 Å². The maximum Gasteiger partial charge on any atom is 0.229 e. The number of anilines is 4. The van der Waals surface area contributed by atoms with E-state index < -0.39 is 0 Å². The second kappa shape index (κ2) is 9.96. The smallest absolute Gasteiger partial charge is 0.229 e. The minimum Gasteiger partial charge on any atom is -0.326 e. The molecule has 0 amide bonds. The predicted molar refractivity (Wildman–Crippen MR) is 127 cm³/mol. The summed E-state index contributed by atoms with van der Waals surface area (Å²) in [7, 11) is 0. The molecular weight excluding hydrogens is 390 g/mol. The molecule has 1 aromatic heterocycles. The van der Waals surface area contributed by atoms with Gasteiger partial charge < -0.3 is 10.2 Å². The van der Waals surface area contributed by atoms with E-state index in [-0.39, 0.29) is 0 Å². The normalized spacial score (nSPS) is 13.4. The summed E-state index contributed by atoms with van der Waals surface area (Å²) < 4.78 is 3.42. The molecule has 5 nitrogen and oxygen atoms in total. The van der Waals surface area contributed by atoms with Crippen molar-refractivity contribution in [3.8, 4) is 0 Å². The van der Waals surface area contributed by atoms with Crippen molar-refractivity contribution in [1.82, 2.24) is 14.7 Å². The number of nitrogens with zero attached hydrogens (tertiary/aromatic N) is 3. The minimum absolute atomic E-state index is 0.617. The average molecular weight is 420 g/mol. The summed E-state index contributed by atoms with van der Waals surface area (Å²) in [6.45, 7) is 6.48. The molecule has 6 heteroatoms. The molecule has 0 saturated carbocycles. The number of hydrogen-bond acceptors (Lipinski definition) is 6. The number of benzene rings is 2. The molecule has 0 spiro atoms. The number of hydrogen-bond donors (Lipinski definition) is 2. The monoisotopic (exact) mass is 419 g/mol. The molecule has 2 N–H and O–H groups in total. The summed E-state index contributed by atoms with van der Waals surface area (Å²) in [6.07, 6.45) is 5.26. The van der Waals surface area contributed by atoms with Crippen LogP contribution in [0.5, 0.6) is 0 Å². The molecule has 30 heavy (non-hydrogen) atoms. The third-order valence-electron chi connectivity index (χ3n) is 5.15. The number of aryl methyl sites for hydroxylation is 1. The summed E-state index contributed by atoms with van der Waals surface area (Å²) in [5, 5.41) is 3.34. The number of aromatic nitrogens is 2. The molecule has 0 radical (unpaired) electrons. The molecule has 4 rings (SSSR count). The van der Waals surface area contributed by atoms with Gasteiger partial charge in [0.2, 0.25) is 5.95 Å². The second-order valence-electron chi connectivity index (χ2n) is 7.95. The fourth-order valence-corrected chi connectivity index (χ4v) is 4.21. The maximum atomic E-state index is 4.78. The lowest BCUT2D eigenvalue weighted by Gasteiger charge is -2.30. The quantitative estimate of drug-likeness (QED) is 0.348. The molecule has 0 aliphatic carbocycles. The van der Waals surface area contributed by atoms with E-state index in [9.17, 15) is 0 Å². The van der Waals surface area contributed by atoms with Crippen molar-refractivity contribution >= 4 is 35.1 Å². The number of fused-ring (bicyclic) bond motifs is 1. The molecule has 1 aliphatic rings. The minimum atomic E-state index is 0.617. The molecular formula is C24H29N5S. The van der Waals surface area contributed by atoms with Crippen molar-refractivity contribution in [1.29, 1.82) is 0 Å². The molecule has 0 fully saturated rings. The molecule has 0 saturated heterocycles. The summed E-state index contributed by atoms with van der Waals surface area (Å²) in [6, 6.07) is 18.9. The van der Waals surface area contributed by atoms with Gasteiger partial charge in [0.25, 0.3) is 0 Å². The van der Waals surface area contributed by atoms with Crippen molar-refractivity contribution in [2.75, 3.05) is 23.3 Å². The van der Waals surface area contributed by atoms with Gasteiger partial charge >= 0.3 is 0 Å². The zero-order valence-corrected chi connectivity index (χ0v) is 18.5. The zero-order chi connectivity index (χ0) is 20.8. The Balaban J connectivity index is 1.40. The highest BCUT2D eigenvalue weighted by atomic mass is 32.2. The Morgan fingerprint density at radius 1 is 1.07 bits per heavy atom. The molecule has 0 atom stereocenters. The van der Waals surface area contributed by atoms with E-state index in [1.54, 1.807) is 11.9 Å². The van der Waals surface area contributed by atoms with Crippen LogP contribution < -0.4 is 14.9 Å². The van der Waals surface area contributed by atoms with Gasteiger partial charge in [-0.2, -0.15) is 4.98 Å². The fourth-order valence-electron chi connectivity index (χ4n) is 3.55. The Kier molecular flexibility index (Phi) is 6.87. The lowest BCUT2D eigenvalue weighted by Crippen LogP contribution is -2.25. The van der Waals surface area contributed by atoms with E-state index in [1.807, 2.05) is 12.3 Å². The van der Waals surface area contributed by atoms with Crippen LogP contribution in [0.25, 0.3) is 0 Å². The Labute approximate surface area is 183 Å². The van der Waals surface area contributed by atoms with Crippen molar-refractivity contribution in [2.24, 2.45) is 5.92 Å². The van der Waals surface area contributed by atoms with Gasteiger partial charge in [-0.1, -0.05) is 32.0 Å². The Morgan fingerprint density at radius 2 is 1.90 bits per heavy atom. The Morgan fingerprint density at radius 3 is 2.73 bits per heavy atom. The SMILES string of the molecule is CC(C)CCNSc1ccc(Nc2nccc(N3CCCc4ccccc43)n2)cc1. The van der Waals surface area contributed by atoms with Gasteiger partial charge in [0.15, 0.2) is 0 Å². The first-order chi connectivity index (χ1) is 14.7. The molecule has 156 valence electrons. The van der Waals surface area contributed by atoms with Crippen LogP contribution in [0.2, 0.25) is 0 Å². The van der Waals surface area contributed by atoms with Crippen molar-refractivity contribution < 1.29 is 0 Å². The van der Waals surface area contributed by atoms with Gasteiger partial charge in [0.05, 0.1) is 0 Å². The largest absolute Gasteiger partial charge is 0.326 e. The van der Waals surface area contributed by atoms with Crippen LogP contribution in [0.4, 0.5) is 23.1 Å². The molecule has 2 heterocycles. The van der Waals surface area contributed by atoms with E-state index in [0.29, 0.717) is 5.95 Å². The van der Waals surface area contributed by atoms with E-state index >= 15 is 0 Å². The average Bonchev–Trinajstić information content (AvgIpc) is 2.77. The standard InChI is InChI=1S/C24H29N5S/c1-18(2)13-16-26-30-21-11-9-20(10-12-21)27-24-25-15-14-23(28-24)29-17-5-7-19-6-3-4-8-22(19)29/h3-4,6,8-12,14-15,18,26H,5,7,13,16-17H2,1-2H3,(H,25,27,28). The van der Waals surface area contributed by atoms with E-state index in [2.05, 4.69) is 82.3 Å². The molecule has 0 bridgehead atoms. The fraction of sp³-hybridized carbons (Fsp3) is 0.333. The second-order valence-corrected chi connectivity index (χ2v) is 8.91. The zero-order valence-electron chi connectivity index (χ0n) is 17.6. The number of rotatable bonds is 8. The molecule has 2 aromatic carbocycles. The maximum absolute atomic E-state index is 4.78. The van der Waals surface area contributed by atoms with Crippen molar-refractivity contribution in [3.05, 3.63) is 66.4 Å². The predicted octanol–water partition coefficient (Wildman–Crippen LogP) is 5.95. The summed E-state index contributed by atoms with van der Waals surface area (Å²) in [4.78, 5) is 12.7. The topological polar surface area (TPSA) is 53.1 Å². The van der Waals surface area contributed by atoms with E-state index in [4.69, 9.17) is 4.98 Å². The number of nitrogens with one attached hydrogen (secondary N) is 2. The number of para-hydroxylation sites is 1. The molecule has 3 aromatic rings. The van der Waals surface area contributed by atoms with Crippen LogP contribution in [-0.4, -0.2) is 23.1 Å². The van der Waals surface area contributed by atoms with Crippen LogP contribution in [-0.2, 0) is 6.42 Å². The first-order valence-electron chi connectivity index (χ1n) is 10.6. The summed E-state index contributed by atoms with van der Waals surface area (Å²) in [5.74, 6) is 2.27. The van der Waals surface area contributed by atoms with Gasteiger partial charge in [-0.3, -0.25) is 4.72 Å². The summed E-state index contributed by atoms with van der Waals surface area (Å²) in [5.41, 5.74) is 3.62. The van der Waals surface area contributed by atoms with E-state index in [1.165, 1.54) is 22.6 Å². The van der Waals surface area contributed by atoms with Crippen molar-refractivity contribution in [2.45, 2.75) is 38.0 Å². The highest BCUT2D eigenvalue weighted by Gasteiger charge is 2.19. The Hall–Kier alpha value is -2.57. The first-order valence-corrected chi connectivity index (χ1v) is 11.5. The third-order valence-corrected chi connectivity index (χ3v) is 6.01. The van der Waals surface area contributed by atoms with Crippen LogP contribution in [0.3, 0.4) is 0 Å². The van der Waals surface area contributed by atoms with Gasteiger partial charge in [0, 0.05) is 35.6 Å². The lowest BCUT2D eigenvalue weighted by atomic mass is 10.0. The third kappa shape index (κ3) is 5.32. The Bertz CT molecular complexity index is 958. The molecule has 1 aliphatic heterocycles. The molecule has 0 unspecified atom stereocenters. The van der Waals surface area contributed by atoms with Crippen LogP contribution in [0.15, 0.2) is 65.7 Å². The van der Waals surface area contributed by atoms with Crippen LogP contribution in [0, 0.1) is 5.92 Å². The highest BCUT2D eigenvalue weighted by molar-refractivity contribution is 7.97. The van der Waals surface area contributed by atoms with Crippen LogP contribution in [0.1, 0.15) is 32.3 Å². The highest BCUT2D eigenvalue weighted by Crippen LogP contribution is 2.32.